The van der Waals surface area contributed by atoms with E-state index >= 15 is 0 Å². The Hall–Kier alpha value is -2.59. The quantitative estimate of drug-likeness (QED) is 0.739. The van der Waals surface area contributed by atoms with E-state index in [1.807, 2.05) is 0 Å². The number of ether oxygens (including phenoxy) is 1. The first-order valence-electron chi connectivity index (χ1n) is 9.29. The van der Waals surface area contributed by atoms with Gasteiger partial charge >= 0.3 is 6.61 Å². The summed E-state index contributed by atoms with van der Waals surface area (Å²) >= 11 is 0. The smallest absolute Gasteiger partial charge is 0.387 e. The number of halogens is 3. The molecular formula is C20H21F3N2O4S. The summed E-state index contributed by atoms with van der Waals surface area (Å²) in [5.74, 6) is -1.62. The second-order valence-electron chi connectivity index (χ2n) is 6.95. The van der Waals surface area contributed by atoms with E-state index in [0.717, 1.165) is 12.1 Å². The van der Waals surface area contributed by atoms with E-state index in [1.54, 1.807) is 13.0 Å². The van der Waals surface area contributed by atoms with E-state index in [9.17, 15) is 26.4 Å². The van der Waals surface area contributed by atoms with Crippen molar-refractivity contribution in [2.24, 2.45) is 5.92 Å². The summed E-state index contributed by atoms with van der Waals surface area (Å²) in [5.41, 5.74) is 0.661. The third-order valence-electron chi connectivity index (χ3n) is 4.96. The lowest BCUT2D eigenvalue weighted by Crippen LogP contribution is -2.43. The molecule has 1 aliphatic rings. The van der Waals surface area contributed by atoms with Crippen LogP contribution in [0.15, 0.2) is 47.4 Å². The molecule has 162 valence electrons. The van der Waals surface area contributed by atoms with Crippen LogP contribution in [0, 0.1) is 18.7 Å². The van der Waals surface area contributed by atoms with Gasteiger partial charge in [0.05, 0.1) is 10.8 Å². The second kappa shape index (κ2) is 9.05. The summed E-state index contributed by atoms with van der Waals surface area (Å²) in [7, 11) is -3.86. The number of nitrogens with zero attached hydrogens (tertiary/aromatic N) is 1. The highest BCUT2D eigenvalue weighted by Gasteiger charge is 2.33. The fourth-order valence-corrected chi connectivity index (χ4v) is 4.86. The van der Waals surface area contributed by atoms with Crippen LogP contribution in [0.5, 0.6) is 5.75 Å². The largest absolute Gasteiger partial charge is 0.434 e. The lowest BCUT2D eigenvalue weighted by molar-refractivity contribution is -0.120. The van der Waals surface area contributed by atoms with Crippen molar-refractivity contribution in [3.05, 3.63) is 53.8 Å². The van der Waals surface area contributed by atoms with Crippen LogP contribution in [-0.4, -0.2) is 38.3 Å². The molecule has 1 atom stereocenters. The molecule has 0 saturated carbocycles. The molecule has 0 radical (unpaired) electrons. The van der Waals surface area contributed by atoms with Gasteiger partial charge in [-0.15, -0.1) is 0 Å². The summed E-state index contributed by atoms with van der Waals surface area (Å²) in [5, 5.41) is 2.68. The number of piperidine rings is 1. The highest BCUT2D eigenvalue weighted by Crippen LogP contribution is 2.29. The number of nitrogens with one attached hydrogen (secondary N) is 1. The summed E-state index contributed by atoms with van der Waals surface area (Å²) < 4.78 is 69.4. The molecule has 1 unspecified atom stereocenters. The Bertz CT molecular complexity index is 1010. The minimum absolute atomic E-state index is 0.0299. The molecule has 2 aromatic carbocycles. The Kier molecular flexibility index (Phi) is 6.67. The molecule has 0 aromatic heterocycles. The summed E-state index contributed by atoms with van der Waals surface area (Å²) in [6.45, 7) is -1.23. The van der Waals surface area contributed by atoms with Crippen molar-refractivity contribution >= 4 is 21.6 Å². The number of anilines is 1. The molecule has 0 spiro atoms. The topological polar surface area (TPSA) is 75.7 Å². The van der Waals surface area contributed by atoms with Gasteiger partial charge in [0.1, 0.15) is 11.6 Å². The second-order valence-corrected chi connectivity index (χ2v) is 8.89. The number of carbonyl (C=O) groups is 1. The Balaban J connectivity index is 1.73. The number of amides is 1. The van der Waals surface area contributed by atoms with Crippen LogP contribution in [0.2, 0.25) is 0 Å². The predicted octanol–water partition coefficient (Wildman–Crippen LogP) is 3.77. The highest BCUT2D eigenvalue weighted by atomic mass is 32.2. The zero-order chi connectivity index (χ0) is 21.9. The zero-order valence-corrected chi connectivity index (χ0v) is 17.0. The fourth-order valence-electron chi connectivity index (χ4n) is 3.34. The van der Waals surface area contributed by atoms with Gasteiger partial charge in [0, 0.05) is 24.3 Å². The van der Waals surface area contributed by atoms with Crippen molar-refractivity contribution < 1.29 is 31.1 Å². The zero-order valence-electron chi connectivity index (χ0n) is 16.1. The van der Waals surface area contributed by atoms with E-state index < -0.39 is 34.3 Å². The number of benzene rings is 2. The van der Waals surface area contributed by atoms with Crippen LogP contribution < -0.4 is 10.1 Å². The molecule has 30 heavy (non-hydrogen) atoms. The lowest BCUT2D eigenvalue weighted by Gasteiger charge is -2.31. The van der Waals surface area contributed by atoms with Crippen LogP contribution >= 0.6 is 0 Å². The molecule has 3 rings (SSSR count). The molecule has 1 amide bonds. The van der Waals surface area contributed by atoms with Crippen molar-refractivity contribution in [1.82, 2.24) is 4.31 Å². The average Bonchev–Trinajstić information content (AvgIpc) is 2.71. The number of alkyl halides is 2. The Labute approximate surface area is 172 Å². The molecule has 1 fully saturated rings. The molecule has 10 heteroatoms. The Morgan fingerprint density at radius 2 is 1.90 bits per heavy atom. The highest BCUT2D eigenvalue weighted by molar-refractivity contribution is 7.89. The predicted molar refractivity (Wildman–Crippen MR) is 104 cm³/mol. The maximum Gasteiger partial charge on any atom is 0.387 e. The SMILES string of the molecule is Cc1c(NC(=O)C2CCCN(S(=O)(=O)c3ccc(F)cc3)C2)cccc1OC(F)F. The van der Waals surface area contributed by atoms with Gasteiger partial charge < -0.3 is 10.1 Å². The first kappa shape index (κ1) is 22.1. The third kappa shape index (κ3) is 4.93. The Morgan fingerprint density at radius 1 is 1.20 bits per heavy atom. The van der Waals surface area contributed by atoms with Gasteiger partial charge in [-0.3, -0.25) is 4.79 Å². The molecule has 1 aliphatic heterocycles. The number of hydrogen-bond acceptors (Lipinski definition) is 4. The van der Waals surface area contributed by atoms with Gasteiger partial charge in [0.15, 0.2) is 0 Å². The maximum atomic E-state index is 13.1. The van der Waals surface area contributed by atoms with Crippen molar-refractivity contribution in [2.75, 3.05) is 18.4 Å². The van der Waals surface area contributed by atoms with Gasteiger partial charge in [-0.25, -0.2) is 12.8 Å². The average molecular weight is 442 g/mol. The number of rotatable bonds is 6. The minimum atomic E-state index is -3.86. The summed E-state index contributed by atoms with van der Waals surface area (Å²) in [4.78, 5) is 12.7. The van der Waals surface area contributed by atoms with E-state index in [-0.39, 0.29) is 23.7 Å². The van der Waals surface area contributed by atoms with E-state index in [2.05, 4.69) is 10.1 Å². The van der Waals surface area contributed by atoms with Gasteiger partial charge in [-0.1, -0.05) is 6.07 Å². The normalized spacial score (nSPS) is 17.7. The van der Waals surface area contributed by atoms with Crippen LogP contribution in [0.4, 0.5) is 18.9 Å². The number of sulfonamides is 1. The van der Waals surface area contributed by atoms with Crippen molar-refractivity contribution in [3.8, 4) is 5.75 Å². The first-order valence-corrected chi connectivity index (χ1v) is 10.7. The van der Waals surface area contributed by atoms with Gasteiger partial charge in [0.25, 0.3) is 0 Å². The fraction of sp³-hybridized carbons (Fsp3) is 0.350. The maximum absolute atomic E-state index is 13.1. The molecule has 6 nitrogen and oxygen atoms in total. The van der Waals surface area contributed by atoms with E-state index in [4.69, 9.17) is 0 Å². The van der Waals surface area contributed by atoms with Crippen LogP contribution in [0.3, 0.4) is 0 Å². The number of carbonyl (C=O) groups excluding carboxylic acids is 1. The van der Waals surface area contributed by atoms with Crippen molar-refractivity contribution in [2.45, 2.75) is 31.3 Å². The van der Waals surface area contributed by atoms with E-state index in [0.29, 0.717) is 24.1 Å². The molecule has 1 N–H and O–H groups in total. The Morgan fingerprint density at radius 3 is 2.57 bits per heavy atom. The molecule has 1 saturated heterocycles. The minimum Gasteiger partial charge on any atom is -0.434 e. The van der Waals surface area contributed by atoms with Crippen LogP contribution in [0.1, 0.15) is 18.4 Å². The first-order chi connectivity index (χ1) is 14.2. The summed E-state index contributed by atoms with van der Waals surface area (Å²) in [6.07, 6.45) is 0.958. The van der Waals surface area contributed by atoms with Gasteiger partial charge in [-0.05, 0) is 56.2 Å². The van der Waals surface area contributed by atoms with Crippen molar-refractivity contribution in [1.29, 1.82) is 0 Å². The van der Waals surface area contributed by atoms with Gasteiger partial charge in [0.2, 0.25) is 15.9 Å². The molecular weight excluding hydrogens is 421 g/mol. The standard InChI is InChI=1S/C20H21F3N2O4S/c1-13-17(5-2-6-18(13)29-20(22)23)24-19(26)14-4-3-11-25(12-14)30(27,28)16-9-7-15(21)8-10-16/h2,5-10,14,20H,3-4,11-12H2,1H3,(H,24,26). The van der Waals surface area contributed by atoms with Crippen LogP contribution in [0.25, 0.3) is 0 Å². The summed E-state index contributed by atoms with van der Waals surface area (Å²) in [6, 6.07) is 8.91. The van der Waals surface area contributed by atoms with Crippen LogP contribution in [-0.2, 0) is 14.8 Å². The third-order valence-corrected chi connectivity index (χ3v) is 6.84. The number of hydrogen-bond donors (Lipinski definition) is 1. The molecule has 2 aromatic rings. The van der Waals surface area contributed by atoms with E-state index in [1.165, 1.54) is 28.6 Å². The molecule has 0 bridgehead atoms. The molecule has 0 aliphatic carbocycles. The monoisotopic (exact) mass is 442 g/mol. The lowest BCUT2D eigenvalue weighted by atomic mass is 9.98. The van der Waals surface area contributed by atoms with Gasteiger partial charge in [-0.2, -0.15) is 13.1 Å². The van der Waals surface area contributed by atoms with Crippen molar-refractivity contribution in [3.63, 3.8) is 0 Å². The molecule has 1 heterocycles.